The minimum Gasteiger partial charge on any atom is -0.394 e. The van der Waals surface area contributed by atoms with E-state index in [-0.39, 0.29) is 13.2 Å². The second kappa shape index (κ2) is 15.0. The van der Waals surface area contributed by atoms with Crippen LogP contribution in [0.5, 0.6) is 0 Å². The minimum atomic E-state index is -2.39. The van der Waals surface area contributed by atoms with E-state index in [0.29, 0.717) is 31.8 Å². The number of aliphatic hydroxyl groups excluding tert-OH is 2. The summed E-state index contributed by atoms with van der Waals surface area (Å²) in [5, 5.41) is 17.2. The molecule has 0 aliphatic carbocycles. The first-order valence-electron chi connectivity index (χ1n) is 8.64. The van der Waals surface area contributed by atoms with Crippen LogP contribution in [0.25, 0.3) is 0 Å². The van der Waals surface area contributed by atoms with Gasteiger partial charge in [-0.3, -0.25) is 0 Å². The molecule has 0 saturated carbocycles. The van der Waals surface area contributed by atoms with Crippen molar-refractivity contribution in [3.63, 3.8) is 0 Å². The van der Waals surface area contributed by atoms with Crippen molar-refractivity contribution in [2.75, 3.05) is 61.0 Å². The van der Waals surface area contributed by atoms with E-state index in [1.54, 1.807) is 21.3 Å². The Bertz CT molecular complexity index is 290. The maximum atomic E-state index is 8.80. The maximum Gasteiger partial charge on any atom is 0.500 e. The van der Waals surface area contributed by atoms with Crippen molar-refractivity contribution in [1.82, 2.24) is 0 Å². The van der Waals surface area contributed by atoms with Crippen LogP contribution in [0.1, 0.15) is 20.3 Å². The molecule has 1 rings (SSSR count). The minimum absolute atomic E-state index is 0.224. The molecule has 0 aromatic rings. The van der Waals surface area contributed by atoms with E-state index in [4.69, 9.17) is 37.7 Å². The Balaban J connectivity index is 0.000000504. The quantitative estimate of drug-likeness (QED) is 0.256. The van der Waals surface area contributed by atoms with E-state index in [2.05, 4.69) is 0 Å². The fourth-order valence-corrected chi connectivity index (χ4v) is 3.51. The lowest BCUT2D eigenvalue weighted by Gasteiger charge is -2.24. The van der Waals surface area contributed by atoms with Crippen molar-refractivity contribution in [3.05, 3.63) is 0 Å². The molecule has 0 aromatic heterocycles. The zero-order chi connectivity index (χ0) is 19.1. The average Bonchev–Trinajstić information content (AvgIpc) is 3.43. The van der Waals surface area contributed by atoms with Crippen LogP contribution in [0.4, 0.5) is 0 Å². The van der Waals surface area contributed by atoms with Crippen LogP contribution in [0.15, 0.2) is 0 Å². The molecule has 1 saturated heterocycles. The molecule has 8 nitrogen and oxygen atoms in total. The molecule has 0 bridgehead atoms. The van der Waals surface area contributed by atoms with Crippen molar-refractivity contribution in [2.45, 2.75) is 38.5 Å². The lowest BCUT2D eigenvalue weighted by Crippen LogP contribution is -2.42. The van der Waals surface area contributed by atoms with Crippen molar-refractivity contribution in [1.29, 1.82) is 0 Å². The van der Waals surface area contributed by atoms with E-state index in [1.807, 2.05) is 13.8 Å². The SMILES string of the molecule is CC(C)COCC(O)CO.CO[Si](CCCOCC1CO1)(OC)OC. The Hall–Kier alpha value is -0.103. The van der Waals surface area contributed by atoms with Gasteiger partial charge in [0.25, 0.3) is 0 Å². The first kappa shape index (κ1) is 24.9. The van der Waals surface area contributed by atoms with Crippen molar-refractivity contribution < 1.29 is 37.7 Å². The topological polar surface area (TPSA) is 99.1 Å². The summed E-state index contributed by atoms with van der Waals surface area (Å²) >= 11 is 0. The van der Waals surface area contributed by atoms with E-state index in [0.717, 1.165) is 19.1 Å². The van der Waals surface area contributed by atoms with Crippen LogP contribution in [0.3, 0.4) is 0 Å². The summed E-state index contributed by atoms with van der Waals surface area (Å²) in [4.78, 5) is 0. The molecule has 1 heterocycles. The number of hydrogen-bond donors (Lipinski definition) is 2. The lowest BCUT2D eigenvalue weighted by molar-refractivity contribution is -0.00132. The highest BCUT2D eigenvalue weighted by Crippen LogP contribution is 2.15. The summed E-state index contributed by atoms with van der Waals surface area (Å²) < 4.78 is 31.4. The van der Waals surface area contributed by atoms with Crippen LogP contribution in [-0.4, -0.2) is 92.2 Å². The molecule has 9 heteroatoms. The van der Waals surface area contributed by atoms with Crippen molar-refractivity contribution in [2.24, 2.45) is 5.92 Å². The number of epoxide rings is 1. The predicted molar refractivity (Wildman–Crippen MR) is 95.5 cm³/mol. The standard InChI is InChI=1S/C9H20O5Si.C7H16O3/c1-10-15(11-2,12-3)6-4-5-13-7-9-8-14-9;1-6(2)4-10-5-7(9)3-8/h9H,4-8H2,1-3H3;6-9H,3-5H2,1-2H3. The van der Waals surface area contributed by atoms with E-state index < -0.39 is 14.9 Å². The van der Waals surface area contributed by atoms with E-state index >= 15 is 0 Å². The molecular weight excluding hydrogens is 348 g/mol. The van der Waals surface area contributed by atoms with E-state index in [9.17, 15) is 0 Å². The summed E-state index contributed by atoms with van der Waals surface area (Å²) in [5.41, 5.74) is 0. The van der Waals surface area contributed by atoms with Gasteiger partial charge in [0.15, 0.2) is 0 Å². The molecule has 2 N–H and O–H groups in total. The van der Waals surface area contributed by atoms with Gasteiger partial charge in [0.1, 0.15) is 12.2 Å². The van der Waals surface area contributed by atoms with Gasteiger partial charge >= 0.3 is 8.80 Å². The van der Waals surface area contributed by atoms with Crippen molar-refractivity contribution in [3.8, 4) is 0 Å². The number of rotatable bonds is 14. The third kappa shape index (κ3) is 13.7. The molecule has 25 heavy (non-hydrogen) atoms. The highest BCUT2D eigenvalue weighted by Gasteiger charge is 2.36. The molecule has 0 radical (unpaired) electrons. The number of ether oxygens (including phenoxy) is 3. The predicted octanol–water partition coefficient (Wildman–Crippen LogP) is 0.682. The van der Waals surface area contributed by atoms with E-state index in [1.165, 1.54) is 0 Å². The summed E-state index contributed by atoms with van der Waals surface area (Å²) in [5.74, 6) is 0.478. The van der Waals surface area contributed by atoms with Crippen LogP contribution in [0.2, 0.25) is 6.04 Å². The van der Waals surface area contributed by atoms with Crippen LogP contribution >= 0.6 is 0 Å². The lowest BCUT2D eigenvalue weighted by atomic mass is 10.2. The van der Waals surface area contributed by atoms with Crippen molar-refractivity contribution >= 4 is 8.80 Å². The molecule has 2 unspecified atom stereocenters. The second-order valence-electron chi connectivity index (χ2n) is 6.20. The van der Waals surface area contributed by atoms with Gasteiger partial charge in [-0.05, 0) is 12.3 Å². The molecular formula is C16H36O8Si. The van der Waals surface area contributed by atoms with Crippen LogP contribution < -0.4 is 0 Å². The highest BCUT2D eigenvalue weighted by molar-refractivity contribution is 6.60. The second-order valence-corrected chi connectivity index (χ2v) is 9.29. The Labute approximate surface area is 152 Å². The molecule has 0 aromatic carbocycles. The summed E-state index contributed by atoms with van der Waals surface area (Å²) in [6.07, 6.45) is 0.493. The monoisotopic (exact) mass is 384 g/mol. The largest absolute Gasteiger partial charge is 0.500 e. The van der Waals surface area contributed by atoms with Gasteiger partial charge in [-0.2, -0.15) is 0 Å². The van der Waals surface area contributed by atoms with Gasteiger partial charge < -0.3 is 37.7 Å². The van der Waals surface area contributed by atoms with Gasteiger partial charge in [0.2, 0.25) is 0 Å². The van der Waals surface area contributed by atoms with Gasteiger partial charge in [-0.1, -0.05) is 13.8 Å². The third-order valence-corrected chi connectivity index (χ3v) is 6.21. The zero-order valence-electron chi connectivity index (χ0n) is 16.2. The highest BCUT2D eigenvalue weighted by atomic mass is 28.4. The smallest absolute Gasteiger partial charge is 0.394 e. The Morgan fingerprint density at radius 2 is 1.68 bits per heavy atom. The summed E-state index contributed by atoms with van der Waals surface area (Å²) in [7, 11) is 2.48. The van der Waals surface area contributed by atoms with Gasteiger partial charge in [-0.15, -0.1) is 0 Å². The number of hydrogen-bond acceptors (Lipinski definition) is 8. The Morgan fingerprint density at radius 3 is 2.12 bits per heavy atom. The summed E-state index contributed by atoms with van der Waals surface area (Å²) in [6, 6.07) is 0.780. The zero-order valence-corrected chi connectivity index (χ0v) is 17.2. The normalized spacial score (nSPS) is 18.0. The Kier molecular flexibility index (Phi) is 14.9. The molecule has 1 aliphatic rings. The number of aliphatic hydroxyl groups is 2. The first-order valence-corrected chi connectivity index (χ1v) is 10.6. The summed E-state index contributed by atoms with van der Waals surface area (Å²) in [6.45, 7) is 6.94. The van der Waals surface area contributed by atoms with Crippen LogP contribution in [-0.2, 0) is 27.5 Å². The molecule has 1 aliphatic heterocycles. The van der Waals surface area contributed by atoms with Gasteiger partial charge in [0, 0.05) is 40.6 Å². The third-order valence-electron chi connectivity index (χ3n) is 3.38. The molecule has 0 spiro atoms. The fraction of sp³-hybridized carbons (Fsp3) is 1.00. The molecule has 1 fully saturated rings. The Morgan fingerprint density at radius 1 is 1.08 bits per heavy atom. The first-order chi connectivity index (χ1) is 11.9. The molecule has 0 amide bonds. The van der Waals surface area contributed by atoms with Crippen LogP contribution in [0, 0.1) is 5.92 Å². The van der Waals surface area contributed by atoms with Gasteiger partial charge in [0.05, 0.1) is 26.4 Å². The maximum absolute atomic E-state index is 8.80. The fourth-order valence-electron chi connectivity index (χ4n) is 1.82. The average molecular weight is 385 g/mol. The molecule has 2 atom stereocenters. The molecule has 152 valence electrons. The van der Waals surface area contributed by atoms with Gasteiger partial charge in [-0.25, -0.2) is 0 Å².